The lowest BCUT2D eigenvalue weighted by atomic mass is 10.1. The van der Waals surface area contributed by atoms with Gasteiger partial charge >= 0.3 is 5.97 Å². The summed E-state index contributed by atoms with van der Waals surface area (Å²) in [5.74, 6) is -0.619. The molecular formula is C29H21FO5. The van der Waals surface area contributed by atoms with Crippen LogP contribution in [0.25, 0.3) is 22.3 Å². The van der Waals surface area contributed by atoms with Gasteiger partial charge in [0.25, 0.3) is 0 Å². The van der Waals surface area contributed by atoms with Crippen LogP contribution in [0.3, 0.4) is 0 Å². The average Bonchev–Trinajstić information content (AvgIpc) is 3.26. The van der Waals surface area contributed by atoms with E-state index in [1.54, 1.807) is 12.1 Å². The number of rotatable bonds is 8. The molecule has 0 amide bonds. The third-order valence-corrected chi connectivity index (χ3v) is 5.55. The van der Waals surface area contributed by atoms with E-state index in [0.29, 0.717) is 34.6 Å². The van der Waals surface area contributed by atoms with Crippen molar-refractivity contribution < 1.29 is 28.2 Å². The molecule has 0 aliphatic rings. The molecule has 1 N–H and O–H groups in total. The number of carbonyl (C=O) groups is 1. The molecule has 0 spiro atoms. The van der Waals surface area contributed by atoms with Crippen molar-refractivity contribution in [3.63, 3.8) is 0 Å². The smallest absolute Gasteiger partial charge is 0.340 e. The van der Waals surface area contributed by atoms with Crippen molar-refractivity contribution in [1.29, 1.82) is 0 Å². The molecule has 5 nitrogen and oxygen atoms in total. The van der Waals surface area contributed by atoms with E-state index in [1.165, 1.54) is 24.3 Å². The first kappa shape index (κ1) is 22.2. The Morgan fingerprint density at radius 1 is 0.771 bits per heavy atom. The van der Waals surface area contributed by atoms with Crippen molar-refractivity contribution in [2.24, 2.45) is 0 Å². The van der Waals surface area contributed by atoms with Crippen molar-refractivity contribution in [3.8, 4) is 22.8 Å². The molecule has 0 saturated carbocycles. The largest absolute Gasteiger partial charge is 0.485 e. The molecule has 1 heterocycles. The predicted molar refractivity (Wildman–Crippen MR) is 130 cm³/mol. The van der Waals surface area contributed by atoms with Crippen molar-refractivity contribution in [3.05, 3.63) is 120 Å². The lowest BCUT2D eigenvalue weighted by Gasteiger charge is -2.13. The molecule has 35 heavy (non-hydrogen) atoms. The van der Waals surface area contributed by atoms with Crippen LogP contribution in [0.15, 0.2) is 101 Å². The van der Waals surface area contributed by atoms with Crippen molar-refractivity contribution in [2.45, 2.75) is 13.2 Å². The molecule has 0 unspecified atom stereocenters. The molecule has 0 bridgehead atoms. The van der Waals surface area contributed by atoms with Crippen molar-refractivity contribution >= 4 is 16.9 Å². The number of fused-ring (bicyclic) bond motifs is 1. The number of hydrogen-bond acceptors (Lipinski definition) is 4. The Morgan fingerprint density at radius 2 is 1.31 bits per heavy atom. The molecule has 174 valence electrons. The minimum atomic E-state index is -1.16. The summed E-state index contributed by atoms with van der Waals surface area (Å²) in [7, 11) is 0. The fraction of sp³-hybridized carbons (Fsp3) is 0.0690. The average molecular weight is 468 g/mol. The summed E-state index contributed by atoms with van der Waals surface area (Å²) in [6.45, 7) is 0.574. The SMILES string of the molecule is O=C(O)c1c(-c2ccc(F)cc2)oc2cc(OCc3ccccc3)c(OCc3ccccc3)cc12. The topological polar surface area (TPSA) is 68.9 Å². The van der Waals surface area contributed by atoms with Gasteiger partial charge in [0.15, 0.2) is 11.5 Å². The van der Waals surface area contributed by atoms with E-state index in [0.717, 1.165) is 11.1 Å². The van der Waals surface area contributed by atoms with Gasteiger partial charge in [0.2, 0.25) is 0 Å². The summed E-state index contributed by atoms with van der Waals surface area (Å²) in [5.41, 5.74) is 2.69. The van der Waals surface area contributed by atoms with E-state index >= 15 is 0 Å². The maximum Gasteiger partial charge on any atom is 0.340 e. The lowest BCUT2D eigenvalue weighted by Crippen LogP contribution is -2.01. The standard InChI is InChI=1S/C29H21FO5/c30-22-13-11-21(12-14-22)28-27(29(31)32)23-15-25(33-17-19-7-3-1-4-8-19)26(16-24(23)35-28)34-18-20-9-5-2-6-10-20/h1-16H,17-18H2,(H,31,32). The third-order valence-electron chi connectivity index (χ3n) is 5.55. The van der Waals surface area contributed by atoms with Crippen molar-refractivity contribution in [1.82, 2.24) is 0 Å². The van der Waals surface area contributed by atoms with E-state index in [4.69, 9.17) is 13.9 Å². The molecule has 0 saturated heterocycles. The van der Waals surface area contributed by atoms with E-state index in [2.05, 4.69) is 0 Å². The number of hydrogen-bond donors (Lipinski definition) is 1. The number of benzene rings is 4. The Bertz CT molecular complexity index is 1460. The van der Waals surface area contributed by atoms with Crippen LogP contribution in [0.1, 0.15) is 21.5 Å². The first-order chi connectivity index (χ1) is 17.1. The molecule has 0 aliphatic heterocycles. The van der Waals surface area contributed by atoms with Gasteiger partial charge in [-0.1, -0.05) is 60.7 Å². The normalized spacial score (nSPS) is 10.9. The third kappa shape index (κ3) is 4.87. The van der Waals surface area contributed by atoms with Gasteiger partial charge in [-0.2, -0.15) is 0 Å². The van der Waals surface area contributed by atoms with E-state index in [9.17, 15) is 14.3 Å². The number of halogens is 1. The summed E-state index contributed by atoms with van der Waals surface area (Å²) in [4.78, 5) is 12.2. The minimum absolute atomic E-state index is 0.0224. The predicted octanol–water partition coefficient (Wildman–Crippen LogP) is 7.10. The van der Waals surface area contributed by atoms with Crippen LogP contribution < -0.4 is 9.47 Å². The first-order valence-corrected chi connectivity index (χ1v) is 11.0. The number of carboxylic acids is 1. The van der Waals surface area contributed by atoms with Crippen LogP contribution in [0, 0.1) is 5.82 Å². The quantitative estimate of drug-likeness (QED) is 0.263. The van der Waals surface area contributed by atoms with Crippen molar-refractivity contribution in [2.75, 3.05) is 0 Å². The van der Waals surface area contributed by atoms with E-state index < -0.39 is 11.8 Å². The lowest BCUT2D eigenvalue weighted by molar-refractivity contribution is 0.0699. The summed E-state index contributed by atoms with van der Waals surface area (Å²) in [6, 6.07) is 28.1. The Kier molecular flexibility index (Phi) is 6.18. The number of ether oxygens (including phenoxy) is 2. The summed E-state index contributed by atoms with van der Waals surface area (Å²) >= 11 is 0. The molecule has 1 aromatic heterocycles. The Hall–Kier alpha value is -4.58. The number of aromatic carboxylic acids is 1. The van der Waals surface area contributed by atoms with Gasteiger partial charge in [0.05, 0.1) is 0 Å². The summed E-state index contributed by atoms with van der Waals surface area (Å²) in [5, 5.41) is 10.4. The second kappa shape index (κ2) is 9.73. The molecule has 0 fully saturated rings. The zero-order valence-corrected chi connectivity index (χ0v) is 18.6. The van der Waals surface area contributed by atoms with Crippen LogP contribution in [0.4, 0.5) is 4.39 Å². The molecule has 0 radical (unpaired) electrons. The molecular weight excluding hydrogens is 447 g/mol. The van der Waals surface area contributed by atoms with Gasteiger partial charge in [0, 0.05) is 17.0 Å². The monoisotopic (exact) mass is 468 g/mol. The highest BCUT2D eigenvalue weighted by Gasteiger charge is 2.24. The van der Waals surface area contributed by atoms with Gasteiger partial charge in [-0.05, 0) is 41.5 Å². The van der Waals surface area contributed by atoms with Crippen LogP contribution >= 0.6 is 0 Å². The summed E-state index contributed by atoms with van der Waals surface area (Å²) in [6.07, 6.45) is 0. The zero-order valence-electron chi connectivity index (χ0n) is 18.6. The van der Waals surface area contributed by atoms with E-state index in [-0.39, 0.29) is 17.9 Å². The fourth-order valence-corrected chi connectivity index (χ4v) is 3.82. The molecule has 5 aromatic rings. The summed E-state index contributed by atoms with van der Waals surface area (Å²) < 4.78 is 31.5. The fourth-order valence-electron chi connectivity index (χ4n) is 3.82. The second-order valence-corrected chi connectivity index (χ2v) is 7.96. The van der Waals surface area contributed by atoms with Gasteiger partial charge in [-0.3, -0.25) is 0 Å². The molecule has 0 atom stereocenters. The van der Waals surface area contributed by atoms with Gasteiger partial charge < -0.3 is 19.0 Å². The second-order valence-electron chi connectivity index (χ2n) is 7.96. The maximum absolute atomic E-state index is 13.4. The molecule has 5 rings (SSSR count). The molecule has 4 aromatic carbocycles. The molecule has 6 heteroatoms. The zero-order chi connectivity index (χ0) is 24.2. The minimum Gasteiger partial charge on any atom is -0.485 e. The first-order valence-electron chi connectivity index (χ1n) is 11.0. The van der Waals surface area contributed by atoms with Crippen LogP contribution in [0.5, 0.6) is 11.5 Å². The highest BCUT2D eigenvalue weighted by atomic mass is 19.1. The van der Waals surface area contributed by atoms with E-state index in [1.807, 2.05) is 60.7 Å². The number of furan rings is 1. The van der Waals surface area contributed by atoms with Crippen LogP contribution in [-0.4, -0.2) is 11.1 Å². The Balaban J connectivity index is 1.58. The Labute approximate surface area is 201 Å². The van der Waals surface area contributed by atoms with Gasteiger partial charge in [-0.15, -0.1) is 0 Å². The molecule has 0 aliphatic carbocycles. The van der Waals surface area contributed by atoms with Gasteiger partial charge in [-0.25, -0.2) is 9.18 Å². The number of carboxylic acid groups (broad SMARTS) is 1. The highest BCUT2D eigenvalue weighted by molar-refractivity contribution is 6.08. The van der Waals surface area contributed by atoms with Crippen LogP contribution in [0.2, 0.25) is 0 Å². The van der Waals surface area contributed by atoms with Gasteiger partial charge in [0.1, 0.15) is 35.9 Å². The maximum atomic E-state index is 13.4. The van der Waals surface area contributed by atoms with Crippen LogP contribution in [-0.2, 0) is 13.2 Å². The Morgan fingerprint density at radius 3 is 1.86 bits per heavy atom. The highest BCUT2D eigenvalue weighted by Crippen LogP contribution is 2.40.